The predicted octanol–water partition coefficient (Wildman–Crippen LogP) is 2.79. The molecule has 0 aliphatic heterocycles. The summed E-state index contributed by atoms with van der Waals surface area (Å²) < 4.78 is 20.8. The minimum Gasteiger partial charge on any atom is -0.399 e. The fourth-order valence-electron chi connectivity index (χ4n) is 2.80. The number of nitrogen functional groups attached to an aromatic ring is 1. The van der Waals surface area contributed by atoms with Crippen LogP contribution in [0.3, 0.4) is 0 Å². The fraction of sp³-hybridized carbons (Fsp3) is 0.211. The highest BCUT2D eigenvalue weighted by atomic mass is 19.1. The number of fused-ring (bicyclic) bond motifs is 1. The van der Waals surface area contributed by atoms with E-state index in [0.29, 0.717) is 30.1 Å². The van der Waals surface area contributed by atoms with Crippen molar-refractivity contribution in [2.45, 2.75) is 6.54 Å². The zero-order valence-corrected chi connectivity index (χ0v) is 14.0. The number of halogens is 1. The summed E-state index contributed by atoms with van der Waals surface area (Å²) in [7, 11) is 1.57. The van der Waals surface area contributed by atoms with E-state index < -0.39 is 0 Å². The number of nitrogens with two attached hydrogens (primary N) is 1. The van der Waals surface area contributed by atoms with Crippen molar-refractivity contribution in [3.05, 3.63) is 65.6 Å². The summed E-state index contributed by atoms with van der Waals surface area (Å²) >= 11 is 0. The van der Waals surface area contributed by atoms with Gasteiger partial charge < -0.3 is 20.4 Å². The van der Waals surface area contributed by atoms with Gasteiger partial charge in [0.25, 0.3) is 5.91 Å². The largest absolute Gasteiger partial charge is 0.399 e. The van der Waals surface area contributed by atoms with Gasteiger partial charge in [-0.1, -0.05) is 18.2 Å². The first-order valence-electron chi connectivity index (χ1n) is 7.99. The summed E-state index contributed by atoms with van der Waals surface area (Å²) in [6.45, 7) is 1.08. The van der Waals surface area contributed by atoms with Gasteiger partial charge in [-0.25, -0.2) is 4.39 Å². The Balaban J connectivity index is 2.02. The number of aromatic nitrogens is 1. The number of methoxy groups -OCH3 is 1. The van der Waals surface area contributed by atoms with Gasteiger partial charge in [0.2, 0.25) is 0 Å². The summed E-state index contributed by atoms with van der Waals surface area (Å²) in [5, 5.41) is 3.65. The van der Waals surface area contributed by atoms with Crippen LogP contribution in [0.15, 0.2) is 48.5 Å². The summed E-state index contributed by atoms with van der Waals surface area (Å²) in [4.78, 5) is 12.6. The van der Waals surface area contributed by atoms with Crippen LogP contribution in [-0.4, -0.2) is 30.7 Å². The zero-order valence-electron chi connectivity index (χ0n) is 14.0. The van der Waals surface area contributed by atoms with Crippen LogP contribution < -0.4 is 11.1 Å². The van der Waals surface area contributed by atoms with E-state index in [1.54, 1.807) is 48.1 Å². The number of anilines is 1. The third kappa shape index (κ3) is 3.64. The van der Waals surface area contributed by atoms with Crippen molar-refractivity contribution < 1.29 is 13.9 Å². The molecule has 0 aliphatic rings. The number of ether oxygens (including phenoxy) is 1. The van der Waals surface area contributed by atoms with Crippen molar-refractivity contribution in [3.8, 4) is 0 Å². The highest BCUT2D eigenvalue weighted by molar-refractivity contribution is 5.99. The Hall–Kier alpha value is -2.86. The second kappa shape index (κ2) is 7.36. The van der Waals surface area contributed by atoms with Crippen LogP contribution in [0.25, 0.3) is 10.9 Å². The van der Waals surface area contributed by atoms with Gasteiger partial charge in [-0.3, -0.25) is 4.79 Å². The van der Waals surface area contributed by atoms with E-state index in [0.717, 1.165) is 10.9 Å². The second-order valence-electron chi connectivity index (χ2n) is 5.77. The molecular weight excluding hydrogens is 321 g/mol. The van der Waals surface area contributed by atoms with Crippen molar-refractivity contribution >= 4 is 22.5 Å². The standard InChI is InChI=1S/C19H20FN3O2/c1-25-9-8-22-19(24)18-11-14-10-15(21)6-7-17(14)23(18)12-13-4-2-3-5-16(13)20/h2-7,10-11H,8-9,12,21H2,1H3,(H,22,24). The predicted molar refractivity (Wildman–Crippen MR) is 96.1 cm³/mol. The van der Waals surface area contributed by atoms with E-state index in [1.165, 1.54) is 6.07 Å². The molecule has 3 rings (SSSR count). The quantitative estimate of drug-likeness (QED) is 0.535. The minimum atomic E-state index is -0.300. The number of hydrogen-bond acceptors (Lipinski definition) is 3. The van der Waals surface area contributed by atoms with Gasteiger partial charge in [0.15, 0.2) is 0 Å². The highest BCUT2D eigenvalue weighted by Crippen LogP contribution is 2.24. The van der Waals surface area contributed by atoms with E-state index in [4.69, 9.17) is 10.5 Å². The van der Waals surface area contributed by atoms with E-state index in [1.807, 2.05) is 6.07 Å². The molecule has 1 aromatic heterocycles. The maximum atomic E-state index is 14.1. The van der Waals surface area contributed by atoms with Crippen LogP contribution in [0, 0.1) is 5.82 Å². The van der Waals surface area contributed by atoms with E-state index in [-0.39, 0.29) is 18.3 Å². The van der Waals surface area contributed by atoms with Crippen molar-refractivity contribution in [2.24, 2.45) is 0 Å². The van der Waals surface area contributed by atoms with Crippen LogP contribution in [0.5, 0.6) is 0 Å². The van der Waals surface area contributed by atoms with Gasteiger partial charge in [-0.15, -0.1) is 0 Å². The third-order valence-corrected chi connectivity index (χ3v) is 4.04. The maximum absolute atomic E-state index is 14.1. The number of hydrogen-bond donors (Lipinski definition) is 2. The van der Waals surface area contributed by atoms with Crippen molar-refractivity contribution in [2.75, 3.05) is 26.0 Å². The zero-order chi connectivity index (χ0) is 17.8. The molecule has 3 aromatic rings. The van der Waals surface area contributed by atoms with Gasteiger partial charge >= 0.3 is 0 Å². The molecule has 1 heterocycles. The molecule has 0 saturated carbocycles. The Kier molecular flexibility index (Phi) is 5.00. The van der Waals surface area contributed by atoms with Crippen LogP contribution in [0.4, 0.5) is 10.1 Å². The Morgan fingerprint density at radius 3 is 2.80 bits per heavy atom. The Morgan fingerprint density at radius 1 is 1.24 bits per heavy atom. The molecule has 2 aromatic carbocycles. The molecule has 0 radical (unpaired) electrons. The lowest BCUT2D eigenvalue weighted by molar-refractivity contribution is 0.0928. The van der Waals surface area contributed by atoms with Gasteiger partial charge in [-0.05, 0) is 30.3 Å². The van der Waals surface area contributed by atoms with Gasteiger partial charge in [-0.2, -0.15) is 0 Å². The fourth-order valence-corrected chi connectivity index (χ4v) is 2.80. The highest BCUT2D eigenvalue weighted by Gasteiger charge is 2.17. The van der Waals surface area contributed by atoms with Crippen LogP contribution in [-0.2, 0) is 11.3 Å². The lowest BCUT2D eigenvalue weighted by Crippen LogP contribution is -2.29. The second-order valence-corrected chi connectivity index (χ2v) is 5.77. The smallest absolute Gasteiger partial charge is 0.268 e. The maximum Gasteiger partial charge on any atom is 0.268 e. The molecular formula is C19H20FN3O2. The molecule has 3 N–H and O–H groups in total. The monoisotopic (exact) mass is 341 g/mol. The lowest BCUT2D eigenvalue weighted by Gasteiger charge is -2.12. The molecule has 0 atom stereocenters. The number of amides is 1. The van der Waals surface area contributed by atoms with E-state index >= 15 is 0 Å². The Labute approximate surface area is 145 Å². The Morgan fingerprint density at radius 2 is 2.04 bits per heavy atom. The lowest BCUT2D eigenvalue weighted by atomic mass is 10.2. The first kappa shape index (κ1) is 17.0. The van der Waals surface area contributed by atoms with Crippen molar-refractivity contribution in [1.82, 2.24) is 9.88 Å². The van der Waals surface area contributed by atoms with Crippen LogP contribution >= 0.6 is 0 Å². The molecule has 1 amide bonds. The number of rotatable bonds is 6. The van der Waals surface area contributed by atoms with Crippen molar-refractivity contribution in [3.63, 3.8) is 0 Å². The number of carbonyl (C=O) groups excluding carboxylic acids is 1. The SMILES string of the molecule is COCCNC(=O)c1cc2cc(N)ccc2n1Cc1ccccc1F. The first-order chi connectivity index (χ1) is 12.1. The average molecular weight is 341 g/mol. The molecule has 0 spiro atoms. The molecule has 25 heavy (non-hydrogen) atoms. The summed E-state index contributed by atoms with van der Waals surface area (Å²) in [6.07, 6.45) is 0. The Bertz CT molecular complexity index is 905. The molecule has 130 valence electrons. The summed E-state index contributed by atoms with van der Waals surface area (Å²) in [5.74, 6) is -0.534. The van der Waals surface area contributed by atoms with Crippen LogP contribution in [0.2, 0.25) is 0 Å². The normalized spacial score (nSPS) is 11.0. The molecule has 0 bridgehead atoms. The number of carbonyl (C=O) groups is 1. The molecule has 5 nitrogen and oxygen atoms in total. The number of benzene rings is 2. The van der Waals surface area contributed by atoms with Gasteiger partial charge in [0, 0.05) is 35.8 Å². The average Bonchev–Trinajstić information content (AvgIpc) is 2.94. The summed E-state index contributed by atoms with van der Waals surface area (Å²) in [6, 6.07) is 13.7. The molecule has 0 fully saturated rings. The van der Waals surface area contributed by atoms with E-state index in [9.17, 15) is 9.18 Å². The first-order valence-corrected chi connectivity index (χ1v) is 7.99. The minimum absolute atomic E-state index is 0.233. The van der Waals surface area contributed by atoms with Crippen LogP contribution in [0.1, 0.15) is 16.1 Å². The third-order valence-electron chi connectivity index (χ3n) is 4.04. The molecule has 0 unspecified atom stereocenters. The molecule has 0 aliphatic carbocycles. The van der Waals surface area contributed by atoms with Gasteiger partial charge in [0.1, 0.15) is 11.5 Å². The topological polar surface area (TPSA) is 69.3 Å². The number of nitrogens with one attached hydrogen (secondary N) is 1. The number of nitrogens with zero attached hydrogens (tertiary/aromatic N) is 1. The molecule has 6 heteroatoms. The summed E-state index contributed by atoms with van der Waals surface area (Å²) in [5.41, 5.74) is 8.26. The molecule has 0 saturated heterocycles. The van der Waals surface area contributed by atoms with E-state index in [2.05, 4.69) is 5.32 Å². The van der Waals surface area contributed by atoms with Gasteiger partial charge in [0.05, 0.1) is 13.2 Å². The van der Waals surface area contributed by atoms with Crippen molar-refractivity contribution in [1.29, 1.82) is 0 Å².